The number of methoxy groups -OCH3 is 1. The van der Waals surface area contributed by atoms with E-state index in [0.717, 1.165) is 11.3 Å². The number of benzene rings is 2. The van der Waals surface area contributed by atoms with Gasteiger partial charge in [0.1, 0.15) is 11.6 Å². The zero-order valence-electron chi connectivity index (χ0n) is 13.0. The molecule has 0 aliphatic rings. The molecule has 0 aliphatic heterocycles. The highest BCUT2D eigenvalue weighted by atomic mass is 19.1. The normalized spacial score (nSPS) is 10.4. The molecule has 124 valence electrons. The third-order valence-corrected chi connectivity index (χ3v) is 3.03. The van der Waals surface area contributed by atoms with E-state index in [-0.39, 0.29) is 12.1 Å². The molecule has 2 amide bonds. The number of rotatable bonds is 6. The molecular formula is C17H16FN3O3. The second kappa shape index (κ2) is 8.42. The van der Waals surface area contributed by atoms with Crippen LogP contribution in [0.5, 0.6) is 5.75 Å². The summed E-state index contributed by atoms with van der Waals surface area (Å²) in [6, 6.07) is 12.1. The number of nitrogens with one attached hydrogen (secondary N) is 2. The van der Waals surface area contributed by atoms with E-state index >= 15 is 0 Å². The molecule has 2 rings (SSSR count). The third kappa shape index (κ3) is 5.20. The highest BCUT2D eigenvalue weighted by Gasteiger charge is 2.07. The number of hydrazone groups is 1. The van der Waals surface area contributed by atoms with Gasteiger partial charge in [0.15, 0.2) is 0 Å². The van der Waals surface area contributed by atoms with Gasteiger partial charge in [-0.05, 0) is 54.1 Å². The number of carbonyl (C=O) groups excluding carboxylic acids is 2. The van der Waals surface area contributed by atoms with Crippen molar-refractivity contribution in [1.82, 2.24) is 10.7 Å². The summed E-state index contributed by atoms with van der Waals surface area (Å²) in [6.07, 6.45) is 1.47. The van der Waals surface area contributed by atoms with Gasteiger partial charge in [0.2, 0.25) is 0 Å². The molecule has 2 aromatic carbocycles. The van der Waals surface area contributed by atoms with Crippen molar-refractivity contribution in [2.45, 2.75) is 0 Å². The molecule has 2 aromatic rings. The lowest BCUT2D eigenvalue weighted by Gasteiger charge is -2.04. The summed E-state index contributed by atoms with van der Waals surface area (Å²) in [5.74, 6) is -0.656. The van der Waals surface area contributed by atoms with E-state index in [0.29, 0.717) is 0 Å². The molecule has 6 nitrogen and oxygen atoms in total. The fraction of sp³-hybridized carbons (Fsp3) is 0.118. The van der Waals surface area contributed by atoms with Gasteiger partial charge in [-0.3, -0.25) is 9.59 Å². The van der Waals surface area contributed by atoms with Crippen molar-refractivity contribution in [3.05, 3.63) is 65.5 Å². The zero-order chi connectivity index (χ0) is 17.4. The molecule has 0 spiro atoms. The van der Waals surface area contributed by atoms with Crippen molar-refractivity contribution in [3.8, 4) is 5.75 Å². The van der Waals surface area contributed by atoms with Gasteiger partial charge in [0, 0.05) is 5.56 Å². The van der Waals surface area contributed by atoms with Crippen LogP contribution in [-0.4, -0.2) is 31.7 Å². The van der Waals surface area contributed by atoms with Crippen LogP contribution >= 0.6 is 0 Å². The van der Waals surface area contributed by atoms with Crippen molar-refractivity contribution in [1.29, 1.82) is 0 Å². The molecular weight excluding hydrogens is 313 g/mol. The summed E-state index contributed by atoms with van der Waals surface area (Å²) in [5, 5.41) is 6.21. The minimum Gasteiger partial charge on any atom is -0.497 e. The quantitative estimate of drug-likeness (QED) is 0.625. The second-order valence-corrected chi connectivity index (χ2v) is 4.76. The van der Waals surface area contributed by atoms with E-state index in [1.807, 2.05) is 0 Å². The van der Waals surface area contributed by atoms with Gasteiger partial charge in [-0.25, -0.2) is 9.82 Å². The highest BCUT2D eigenvalue weighted by molar-refractivity contribution is 5.96. The predicted molar refractivity (Wildman–Crippen MR) is 87.5 cm³/mol. The van der Waals surface area contributed by atoms with Crippen molar-refractivity contribution >= 4 is 18.0 Å². The standard InChI is InChI=1S/C17H16FN3O3/c1-24-15-8-2-12(3-9-15)10-20-21-16(22)11-19-17(23)13-4-6-14(18)7-5-13/h2-10H,11H2,1H3,(H,19,23)(H,21,22)/b20-10+. The molecule has 7 heteroatoms. The Labute approximate surface area is 138 Å². The van der Waals surface area contributed by atoms with E-state index in [2.05, 4.69) is 15.8 Å². The van der Waals surface area contributed by atoms with Crippen LogP contribution in [0, 0.1) is 5.82 Å². The first-order chi connectivity index (χ1) is 11.6. The van der Waals surface area contributed by atoms with Gasteiger partial charge in [0.25, 0.3) is 11.8 Å². The van der Waals surface area contributed by atoms with E-state index < -0.39 is 17.6 Å². The van der Waals surface area contributed by atoms with Crippen LogP contribution in [0.3, 0.4) is 0 Å². The number of amides is 2. The minimum atomic E-state index is -0.477. The lowest BCUT2D eigenvalue weighted by atomic mass is 10.2. The largest absolute Gasteiger partial charge is 0.497 e. The summed E-state index contributed by atoms with van der Waals surface area (Å²) >= 11 is 0. The van der Waals surface area contributed by atoms with Crippen LogP contribution in [-0.2, 0) is 4.79 Å². The maximum absolute atomic E-state index is 12.8. The summed E-state index contributed by atoms with van der Waals surface area (Å²) < 4.78 is 17.8. The van der Waals surface area contributed by atoms with Gasteiger partial charge in [-0.15, -0.1) is 0 Å². The van der Waals surface area contributed by atoms with Crippen molar-refractivity contribution < 1.29 is 18.7 Å². The summed E-state index contributed by atoms with van der Waals surface area (Å²) in [7, 11) is 1.57. The number of halogens is 1. The van der Waals surface area contributed by atoms with Crippen molar-refractivity contribution in [2.24, 2.45) is 5.10 Å². The fourth-order valence-electron chi connectivity index (χ4n) is 1.77. The molecule has 0 fully saturated rings. The average Bonchev–Trinajstić information content (AvgIpc) is 2.61. The van der Waals surface area contributed by atoms with Crippen LogP contribution in [0.4, 0.5) is 4.39 Å². The molecule has 0 saturated heterocycles. The number of hydrogen-bond acceptors (Lipinski definition) is 4. The monoisotopic (exact) mass is 329 g/mol. The minimum absolute atomic E-state index is 0.240. The van der Waals surface area contributed by atoms with Crippen molar-refractivity contribution in [2.75, 3.05) is 13.7 Å². The van der Waals surface area contributed by atoms with E-state index in [1.54, 1.807) is 31.4 Å². The Bertz CT molecular complexity index is 728. The summed E-state index contributed by atoms with van der Waals surface area (Å²) in [4.78, 5) is 23.4. The summed E-state index contributed by atoms with van der Waals surface area (Å²) in [6.45, 7) is -0.240. The van der Waals surface area contributed by atoms with Crippen LogP contribution in [0.1, 0.15) is 15.9 Å². The number of nitrogens with zero attached hydrogens (tertiary/aromatic N) is 1. The molecule has 0 heterocycles. The average molecular weight is 329 g/mol. The maximum atomic E-state index is 12.8. The number of ether oxygens (including phenoxy) is 1. The topological polar surface area (TPSA) is 79.8 Å². The van der Waals surface area contributed by atoms with Crippen LogP contribution in [0.25, 0.3) is 0 Å². The molecule has 0 atom stereocenters. The molecule has 0 aromatic heterocycles. The lowest BCUT2D eigenvalue weighted by Crippen LogP contribution is -2.34. The Kier molecular flexibility index (Phi) is 6.01. The Morgan fingerprint density at radius 1 is 1.12 bits per heavy atom. The molecule has 2 N–H and O–H groups in total. The molecule has 0 radical (unpaired) electrons. The molecule has 0 unspecified atom stereocenters. The Hall–Kier alpha value is -3.22. The van der Waals surface area contributed by atoms with Gasteiger partial charge in [-0.1, -0.05) is 0 Å². The van der Waals surface area contributed by atoms with Crippen molar-refractivity contribution in [3.63, 3.8) is 0 Å². The van der Waals surface area contributed by atoms with Gasteiger partial charge in [-0.2, -0.15) is 5.10 Å². The van der Waals surface area contributed by atoms with Crippen LogP contribution in [0.15, 0.2) is 53.6 Å². The first kappa shape index (κ1) is 17.1. The zero-order valence-corrected chi connectivity index (χ0v) is 13.0. The molecule has 24 heavy (non-hydrogen) atoms. The number of hydrogen-bond donors (Lipinski definition) is 2. The Morgan fingerprint density at radius 2 is 1.79 bits per heavy atom. The van der Waals surface area contributed by atoms with Crippen LogP contribution < -0.4 is 15.5 Å². The third-order valence-electron chi connectivity index (χ3n) is 3.03. The van der Waals surface area contributed by atoms with Gasteiger partial charge < -0.3 is 10.1 Å². The SMILES string of the molecule is COc1ccc(/C=N/NC(=O)CNC(=O)c2ccc(F)cc2)cc1. The second-order valence-electron chi connectivity index (χ2n) is 4.76. The Balaban J connectivity index is 1.77. The van der Waals surface area contributed by atoms with E-state index in [1.165, 1.54) is 30.5 Å². The molecule has 0 bridgehead atoms. The Morgan fingerprint density at radius 3 is 2.42 bits per heavy atom. The van der Waals surface area contributed by atoms with Crippen LogP contribution in [0.2, 0.25) is 0 Å². The fourth-order valence-corrected chi connectivity index (χ4v) is 1.77. The highest BCUT2D eigenvalue weighted by Crippen LogP contribution is 2.09. The molecule has 0 aliphatic carbocycles. The summed E-state index contributed by atoms with van der Waals surface area (Å²) in [5.41, 5.74) is 3.35. The number of carbonyl (C=O) groups is 2. The first-order valence-corrected chi connectivity index (χ1v) is 7.08. The molecule has 0 saturated carbocycles. The maximum Gasteiger partial charge on any atom is 0.259 e. The smallest absolute Gasteiger partial charge is 0.259 e. The first-order valence-electron chi connectivity index (χ1n) is 7.08. The van der Waals surface area contributed by atoms with E-state index in [9.17, 15) is 14.0 Å². The van der Waals surface area contributed by atoms with E-state index in [4.69, 9.17) is 4.74 Å². The lowest BCUT2D eigenvalue weighted by molar-refractivity contribution is -0.120. The van der Waals surface area contributed by atoms with Gasteiger partial charge >= 0.3 is 0 Å². The predicted octanol–water partition coefficient (Wildman–Crippen LogP) is 1.71. The van der Waals surface area contributed by atoms with Gasteiger partial charge in [0.05, 0.1) is 19.9 Å².